The maximum atomic E-state index is 13.2. The van der Waals surface area contributed by atoms with Crippen LogP contribution < -0.4 is 5.32 Å². The Balaban J connectivity index is 1.96. The van der Waals surface area contributed by atoms with Gasteiger partial charge in [-0.05, 0) is 42.5 Å². The van der Waals surface area contributed by atoms with Crippen LogP contribution in [0, 0.1) is 5.82 Å². The molecule has 0 fully saturated rings. The third-order valence-corrected chi connectivity index (χ3v) is 4.21. The summed E-state index contributed by atoms with van der Waals surface area (Å²) in [5.41, 5.74) is 0.877. The number of likely N-dealkylation sites (N-methyl/N-ethyl adjacent to an activating group) is 1. The number of nitrogens with zero attached hydrogens (tertiary/aromatic N) is 2. The average molecular weight is 319 g/mol. The lowest BCUT2D eigenvalue weighted by molar-refractivity contribution is 0.486. The van der Waals surface area contributed by atoms with Crippen molar-refractivity contribution in [3.63, 3.8) is 0 Å². The average Bonchev–Trinajstić information content (AvgIpc) is 3.02. The Hall–Kier alpha value is -1.88. The summed E-state index contributed by atoms with van der Waals surface area (Å²) in [6, 6.07) is 10.8. The van der Waals surface area contributed by atoms with Gasteiger partial charge in [0.15, 0.2) is 5.96 Å². The molecule has 5 heteroatoms. The van der Waals surface area contributed by atoms with Crippen LogP contribution in [0.5, 0.6) is 0 Å². The fourth-order valence-electron chi connectivity index (χ4n) is 2.11. The van der Waals surface area contributed by atoms with Gasteiger partial charge < -0.3 is 10.2 Å². The van der Waals surface area contributed by atoms with E-state index < -0.39 is 0 Å². The third-order valence-electron chi connectivity index (χ3n) is 3.27. The van der Waals surface area contributed by atoms with E-state index >= 15 is 0 Å². The molecule has 118 valence electrons. The summed E-state index contributed by atoms with van der Waals surface area (Å²) >= 11 is 1.77. The Morgan fingerprint density at radius 3 is 2.86 bits per heavy atom. The van der Waals surface area contributed by atoms with E-state index in [1.807, 2.05) is 20.0 Å². The number of aliphatic imine (C=N–C) groups is 1. The van der Waals surface area contributed by atoms with Gasteiger partial charge in [0.1, 0.15) is 5.82 Å². The molecule has 2 aromatic rings. The number of guanidine groups is 1. The van der Waals surface area contributed by atoms with E-state index in [-0.39, 0.29) is 5.82 Å². The fraction of sp³-hybridized carbons (Fsp3) is 0.353. The van der Waals surface area contributed by atoms with Crippen molar-refractivity contribution in [2.45, 2.75) is 19.9 Å². The first-order valence-electron chi connectivity index (χ1n) is 7.45. The largest absolute Gasteiger partial charge is 0.357 e. The Bertz CT molecular complexity index is 596. The molecule has 0 atom stereocenters. The maximum absolute atomic E-state index is 13.2. The zero-order valence-electron chi connectivity index (χ0n) is 13.1. The molecular weight excluding hydrogens is 297 g/mol. The molecule has 3 nitrogen and oxygen atoms in total. The van der Waals surface area contributed by atoms with Crippen molar-refractivity contribution in [2.75, 3.05) is 20.1 Å². The lowest BCUT2D eigenvalue weighted by Crippen LogP contribution is -2.39. The first kappa shape index (κ1) is 16.5. The van der Waals surface area contributed by atoms with Crippen LogP contribution in [-0.4, -0.2) is 31.0 Å². The Kier molecular flexibility index (Phi) is 6.40. The molecule has 0 aliphatic rings. The number of hydrogen-bond acceptors (Lipinski definition) is 2. The minimum absolute atomic E-state index is 0.219. The second kappa shape index (κ2) is 8.54. The number of halogens is 1. The van der Waals surface area contributed by atoms with Crippen LogP contribution in [0.4, 0.5) is 4.39 Å². The first-order chi connectivity index (χ1) is 10.7. The van der Waals surface area contributed by atoms with Crippen LogP contribution in [-0.2, 0) is 13.0 Å². The highest BCUT2D eigenvalue weighted by molar-refractivity contribution is 7.09. The van der Waals surface area contributed by atoms with E-state index in [1.54, 1.807) is 17.4 Å². The number of hydrogen-bond donors (Lipinski definition) is 1. The van der Waals surface area contributed by atoms with Gasteiger partial charge in [-0.1, -0.05) is 18.2 Å². The van der Waals surface area contributed by atoms with Crippen LogP contribution in [0.1, 0.15) is 17.4 Å². The lowest BCUT2D eigenvalue weighted by Gasteiger charge is -2.21. The molecule has 1 heterocycles. The summed E-state index contributed by atoms with van der Waals surface area (Å²) in [5.74, 6) is 0.632. The van der Waals surface area contributed by atoms with Gasteiger partial charge in [0, 0.05) is 25.0 Å². The van der Waals surface area contributed by atoms with Gasteiger partial charge in [-0.2, -0.15) is 0 Å². The van der Waals surface area contributed by atoms with Gasteiger partial charge >= 0.3 is 0 Å². The Labute approximate surface area is 135 Å². The van der Waals surface area contributed by atoms with E-state index in [1.165, 1.54) is 17.0 Å². The lowest BCUT2D eigenvalue weighted by atomic mass is 10.2. The molecule has 0 aliphatic carbocycles. The van der Waals surface area contributed by atoms with Gasteiger partial charge in [-0.25, -0.2) is 9.38 Å². The summed E-state index contributed by atoms with van der Waals surface area (Å²) in [6.45, 7) is 4.23. The molecule has 0 radical (unpaired) electrons. The van der Waals surface area contributed by atoms with Crippen LogP contribution in [0.3, 0.4) is 0 Å². The zero-order valence-corrected chi connectivity index (χ0v) is 13.9. The molecule has 2 rings (SSSR count). The molecule has 1 aromatic carbocycles. The van der Waals surface area contributed by atoms with Gasteiger partial charge in [-0.15, -0.1) is 11.3 Å². The monoisotopic (exact) mass is 319 g/mol. The molecule has 0 aliphatic heterocycles. The molecule has 0 saturated heterocycles. The normalized spacial score (nSPS) is 11.5. The minimum atomic E-state index is -0.219. The van der Waals surface area contributed by atoms with E-state index in [0.29, 0.717) is 6.54 Å². The second-order valence-electron chi connectivity index (χ2n) is 5.05. The predicted octanol–water partition coefficient (Wildman–Crippen LogP) is 3.53. The van der Waals surface area contributed by atoms with E-state index in [0.717, 1.165) is 31.0 Å². The zero-order chi connectivity index (χ0) is 15.8. The third kappa shape index (κ3) is 5.15. The molecular formula is C17H22FN3S. The predicted molar refractivity (Wildman–Crippen MR) is 91.9 cm³/mol. The van der Waals surface area contributed by atoms with Crippen molar-refractivity contribution >= 4 is 17.3 Å². The van der Waals surface area contributed by atoms with Crippen molar-refractivity contribution in [1.82, 2.24) is 10.2 Å². The molecule has 0 spiro atoms. The maximum Gasteiger partial charge on any atom is 0.193 e. The Morgan fingerprint density at radius 1 is 1.32 bits per heavy atom. The summed E-state index contributed by atoms with van der Waals surface area (Å²) in [6.07, 6.45) is 0.999. The van der Waals surface area contributed by atoms with E-state index in [2.05, 4.69) is 32.7 Å². The molecule has 1 aromatic heterocycles. The highest BCUT2D eigenvalue weighted by Crippen LogP contribution is 2.10. The van der Waals surface area contributed by atoms with E-state index in [9.17, 15) is 4.39 Å². The summed E-state index contributed by atoms with van der Waals surface area (Å²) < 4.78 is 13.2. The van der Waals surface area contributed by atoms with Gasteiger partial charge in [0.25, 0.3) is 0 Å². The first-order valence-corrected chi connectivity index (χ1v) is 8.33. The molecule has 0 unspecified atom stereocenters. The number of thiophene rings is 1. The summed E-state index contributed by atoms with van der Waals surface area (Å²) in [5, 5.41) is 5.38. The van der Waals surface area contributed by atoms with Crippen molar-refractivity contribution < 1.29 is 4.39 Å². The quantitative estimate of drug-likeness (QED) is 0.651. The number of rotatable bonds is 6. The van der Waals surface area contributed by atoms with Crippen molar-refractivity contribution in [3.05, 3.63) is 58.0 Å². The van der Waals surface area contributed by atoms with Crippen LogP contribution in [0.25, 0.3) is 0 Å². The molecule has 0 amide bonds. The van der Waals surface area contributed by atoms with Gasteiger partial charge in [-0.3, -0.25) is 0 Å². The van der Waals surface area contributed by atoms with Gasteiger partial charge in [0.2, 0.25) is 0 Å². The molecule has 1 N–H and O–H groups in total. The van der Waals surface area contributed by atoms with Crippen molar-refractivity contribution in [1.29, 1.82) is 0 Å². The molecule has 22 heavy (non-hydrogen) atoms. The van der Waals surface area contributed by atoms with Crippen molar-refractivity contribution in [3.8, 4) is 0 Å². The number of benzene rings is 1. The van der Waals surface area contributed by atoms with Crippen molar-refractivity contribution in [2.24, 2.45) is 4.99 Å². The molecule has 0 bridgehead atoms. The van der Waals surface area contributed by atoms with E-state index in [4.69, 9.17) is 0 Å². The highest BCUT2D eigenvalue weighted by Gasteiger charge is 2.06. The highest BCUT2D eigenvalue weighted by atomic mass is 32.1. The topological polar surface area (TPSA) is 27.6 Å². The SMILES string of the molecule is CCNC(=NCc1cccc(F)c1)N(C)CCc1cccs1. The standard InChI is InChI=1S/C17H22FN3S/c1-3-19-17(20-13-14-6-4-7-15(18)12-14)21(2)10-9-16-8-5-11-22-16/h4-8,11-12H,3,9-10,13H2,1-2H3,(H,19,20). The van der Waals surface area contributed by atoms with Crippen LogP contribution >= 0.6 is 11.3 Å². The van der Waals surface area contributed by atoms with Crippen LogP contribution in [0.15, 0.2) is 46.8 Å². The summed E-state index contributed by atoms with van der Waals surface area (Å²) in [4.78, 5) is 8.07. The minimum Gasteiger partial charge on any atom is -0.357 e. The van der Waals surface area contributed by atoms with Crippen LogP contribution in [0.2, 0.25) is 0 Å². The van der Waals surface area contributed by atoms with Gasteiger partial charge in [0.05, 0.1) is 6.54 Å². The second-order valence-corrected chi connectivity index (χ2v) is 6.08. The smallest absolute Gasteiger partial charge is 0.193 e. The number of nitrogens with one attached hydrogen (secondary N) is 1. The Morgan fingerprint density at radius 2 is 2.18 bits per heavy atom. The molecule has 0 saturated carbocycles. The summed E-state index contributed by atoms with van der Waals surface area (Å²) in [7, 11) is 2.03. The fourth-order valence-corrected chi connectivity index (χ4v) is 2.81.